The second-order valence-electron chi connectivity index (χ2n) is 8.80. The van der Waals surface area contributed by atoms with Crippen molar-refractivity contribution in [2.45, 2.75) is 22.8 Å². The lowest BCUT2D eigenvalue weighted by Crippen LogP contribution is -2.34. The third kappa shape index (κ3) is 3.29. The van der Waals surface area contributed by atoms with Crippen molar-refractivity contribution in [1.82, 2.24) is 0 Å². The van der Waals surface area contributed by atoms with Gasteiger partial charge < -0.3 is 0 Å². The standard InChI is InChI=1S/C30H24N2OS2/c1-21-13-9-12-20-27(21)32-30(34-28(31-32)22(2)33)26-19-11-10-18-25(26)29(35-30,23-14-5-3-6-15-23)24-16-7-4-8-17-24/h3-20H,1-2H3/t30-/m1/s1. The number of hydrogen-bond acceptors (Lipinski definition) is 5. The fourth-order valence-corrected chi connectivity index (χ4v) is 8.61. The molecule has 3 nitrogen and oxygen atoms in total. The number of Topliss-reactive ketones (excluding diaryl/α,β-unsaturated/α-hetero) is 1. The van der Waals surface area contributed by atoms with Crippen LogP contribution in [0.1, 0.15) is 34.7 Å². The molecule has 0 saturated heterocycles. The number of hydrazone groups is 1. The van der Waals surface area contributed by atoms with Crippen LogP contribution in [-0.4, -0.2) is 10.8 Å². The predicted octanol–water partition coefficient (Wildman–Crippen LogP) is 7.30. The van der Waals surface area contributed by atoms with Crippen LogP contribution in [0.3, 0.4) is 0 Å². The second kappa shape index (κ2) is 8.43. The van der Waals surface area contributed by atoms with Crippen LogP contribution in [0.4, 0.5) is 5.69 Å². The van der Waals surface area contributed by atoms with E-state index in [4.69, 9.17) is 5.10 Å². The summed E-state index contributed by atoms with van der Waals surface area (Å²) in [5.74, 6) is -0.0135. The minimum absolute atomic E-state index is 0.0135. The summed E-state index contributed by atoms with van der Waals surface area (Å²) >= 11 is 3.42. The molecule has 2 aliphatic heterocycles. The molecule has 0 radical (unpaired) electrons. The lowest BCUT2D eigenvalue weighted by molar-refractivity contribution is -0.110. The van der Waals surface area contributed by atoms with Gasteiger partial charge in [-0.25, -0.2) is 5.01 Å². The van der Waals surface area contributed by atoms with Crippen LogP contribution in [0.5, 0.6) is 0 Å². The number of rotatable bonds is 4. The van der Waals surface area contributed by atoms with Crippen LogP contribution >= 0.6 is 23.5 Å². The molecule has 0 amide bonds. The first-order chi connectivity index (χ1) is 17.1. The Morgan fingerprint density at radius 3 is 1.89 bits per heavy atom. The lowest BCUT2D eigenvalue weighted by Gasteiger charge is -2.37. The first-order valence-corrected chi connectivity index (χ1v) is 13.3. The first-order valence-electron chi connectivity index (χ1n) is 11.6. The van der Waals surface area contributed by atoms with E-state index in [9.17, 15) is 4.79 Å². The molecule has 1 atom stereocenters. The number of nitrogens with zero attached hydrogens (tertiary/aromatic N) is 2. The molecule has 5 heteroatoms. The minimum Gasteiger partial charge on any atom is -0.292 e. The van der Waals surface area contributed by atoms with Crippen molar-refractivity contribution >= 4 is 40.0 Å². The number of fused-ring (bicyclic) bond motifs is 2. The van der Waals surface area contributed by atoms with E-state index in [-0.39, 0.29) is 5.78 Å². The molecule has 4 aromatic rings. The zero-order chi connectivity index (χ0) is 24.0. The average molecular weight is 493 g/mol. The molecule has 0 saturated carbocycles. The summed E-state index contributed by atoms with van der Waals surface area (Å²) in [5, 5.41) is 7.57. The Kier molecular flexibility index (Phi) is 5.35. The molecule has 0 fully saturated rings. The highest BCUT2D eigenvalue weighted by molar-refractivity contribution is 8.27. The van der Waals surface area contributed by atoms with Gasteiger partial charge in [0, 0.05) is 12.5 Å². The summed E-state index contributed by atoms with van der Waals surface area (Å²) < 4.78 is -1.09. The molecule has 0 aromatic heterocycles. The average Bonchev–Trinajstić information content (AvgIpc) is 3.43. The SMILES string of the molecule is CC(=O)C1=NN(c2ccccc2C)[C@]2(S1)SC(c1ccccc1)(c1ccccc1)c1ccccc12. The molecule has 35 heavy (non-hydrogen) atoms. The fraction of sp³-hybridized carbons (Fsp3) is 0.133. The van der Waals surface area contributed by atoms with E-state index in [1.54, 1.807) is 18.7 Å². The van der Waals surface area contributed by atoms with Crippen molar-refractivity contribution in [2.24, 2.45) is 5.10 Å². The Balaban J connectivity index is 1.67. The third-order valence-electron chi connectivity index (χ3n) is 6.65. The predicted molar refractivity (Wildman–Crippen MR) is 148 cm³/mol. The number of para-hydroxylation sites is 1. The largest absolute Gasteiger partial charge is 0.292 e. The Morgan fingerprint density at radius 2 is 1.29 bits per heavy atom. The van der Waals surface area contributed by atoms with Gasteiger partial charge in [-0.1, -0.05) is 127 Å². The van der Waals surface area contributed by atoms with Gasteiger partial charge in [-0.3, -0.25) is 4.79 Å². The zero-order valence-electron chi connectivity index (χ0n) is 19.5. The topological polar surface area (TPSA) is 32.7 Å². The Bertz CT molecular complexity index is 1410. The molecule has 0 unspecified atom stereocenters. The van der Waals surface area contributed by atoms with Gasteiger partial charge >= 0.3 is 0 Å². The third-order valence-corrected chi connectivity index (χ3v) is 10.0. The molecule has 2 heterocycles. The summed E-state index contributed by atoms with van der Waals surface area (Å²) in [6.07, 6.45) is 0. The molecule has 6 rings (SSSR count). The summed E-state index contributed by atoms with van der Waals surface area (Å²) in [6.45, 7) is 3.70. The summed E-state index contributed by atoms with van der Waals surface area (Å²) in [6, 6.07) is 38.3. The van der Waals surface area contributed by atoms with Gasteiger partial charge in [0.05, 0.1) is 10.4 Å². The molecule has 2 aliphatic rings. The van der Waals surface area contributed by atoms with Crippen LogP contribution in [0.2, 0.25) is 0 Å². The van der Waals surface area contributed by atoms with Gasteiger partial charge in [0.1, 0.15) is 0 Å². The number of hydrogen-bond donors (Lipinski definition) is 0. The van der Waals surface area contributed by atoms with Crippen molar-refractivity contribution < 1.29 is 4.79 Å². The van der Waals surface area contributed by atoms with Crippen LogP contribution < -0.4 is 5.01 Å². The number of carbonyl (C=O) groups excluding carboxylic acids is 1. The lowest BCUT2D eigenvalue weighted by atomic mass is 9.82. The normalized spacial score (nSPS) is 20.1. The zero-order valence-corrected chi connectivity index (χ0v) is 21.1. The maximum atomic E-state index is 12.7. The number of ketones is 1. The summed E-state index contributed by atoms with van der Waals surface area (Å²) in [4.78, 5) is 12.7. The minimum atomic E-state index is -0.630. The Hall–Kier alpha value is -3.28. The van der Waals surface area contributed by atoms with Crippen molar-refractivity contribution in [3.63, 3.8) is 0 Å². The molecule has 0 aliphatic carbocycles. The van der Waals surface area contributed by atoms with Crippen LogP contribution in [0.25, 0.3) is 0 Å². The van der Waals surface area contributed by atoms with E-state index in [1.807, 2.05) is 23.9 Å². The van der Waals surface area contributed by atoms with E-state index in [0.717, 1.165) is 11.3 Å². The highest BCUT2D eigenvalue weighted by atomic mass is 32.2. The van der Waals surface area contributed by atoms with Gasteiger partial charge in [0.25, 0.3) is 0 Å². The second-order valence-corrected chi connectivity index (χ2v) is 11.7. The van der Waals surface area contributed by atoms with Gasteiger partial charge in [0.15, 0.2) is 15.0 Å². The molecule has 0 bridgehead atoms. The molecular weight excluding hydrogens is 468 g/mol. The van der Waals surface area contributed by atoms with Crippen molar-refractivity contribution in [1.29, 1.82) is 0 Å². The van der Waals surface area contributed by atoms with Gasteiger partial charge in [-0.15, -0.1) is 0 Å². The van der Waals surface area contributed by atoms with Crippen LogP contribution in [0, 0.1) is 6.92 Å². The van der Waals surface area contributed by atoms with Gasteiger partial charge in [-0.05, 0) is 35.2 Å². The Labute approximate surface area is 214 Å². The summed E-state index contributed by atoms with van der Waals surface area (Å²) in [7, 11) is 0. The fourth-order valence-electron chi connectivity index (χ4n) is 5.06. The number of aryl methyl sites for hydroxylation is 1. The van der Waals surface area contributed by atoms with E-state index in [0.29, 0.717) is 5.04 Å². The molecule has 1 spiro atoms. The number of thioether (sulfide) groups is 2. The van der Waals surface area contributed by atoms with Crippen LogP contribution in [0.15, 0.2) is 114 Å². The smallest absolute Gasteiger partial charge is 0.187 e. The summed E-state index contributed by atoms with van der Waals surface area (Å²) in [5.41, 5.74) is 6.95. The van der Waals surface area contributed by atoms with Crippen molar-refractivity contribution in [3.05, 3.63) is 137 Å². The van der Waals surface area contributed by atoms with Gasteiger partial charge in [-0.2, -0.15) is 5.10 Å². The molecule has 172 valence electrons. The van der Waals surface area contributed by atoms with Gasteiger partial charge in [0.2, 0.25) is 0 Å². The Morgan fingerprint density at radius 1 is 0.743 bits per heavy atom. The first kappa shape index (κ1) is 22.2. The maximum absolute atomic E-state index is 12.7. The monoisotopic (exact) mass is 492 g/mol. The maximum Gasteiger partial charge on any atom is 0.187 e. The van der Waals surface area contributed by atoms with Crippen molar-refractivity contribution in [3.8, 4) is 0 Å². The van der Waals surface area contributed by atoms with E-state index in [1.165, 1.54) is 22.3 Å². The van der Waals surface area contributed by atoms with E-state index >= 15 is 0 Å². The quantitative estimate of drug-likeness (QED) is 0.299. The molecule has 4 aromatic carbocycles. The number of carbonyl (C=O) groups is 1. The molecular formula is C30H24N2OS2. The highest BCUT2D eigenvalue weighted by Crippen LogP contribution is 2.70. The van der Waals surface area contributed by atoms with Crippen LogP contribution in [-0.2, 0) is 13.7 Å². The molecule has 0 N–H and O–H groups in total. The number of anilines is 1. The highest BCUT2D eigenvalue weighted by Gasteiger charge is 2.61. The van der Waals surface area contributed by atoms with E-state index in [2.05, 4.69) is 109 Å². The van der Waals surface area contributed by atoms with E-state index < -0.39 is 8.95 Å². The number of benzene rings is 4. The van der Waals surface area contributed by atoms with Crippen molar-refractivity contribution in [2.75, 3.05) is 5.01 Å².